The molecular weight excluding hydrogens is 350 g/mol. The Bertz CT molecular complexity index is 609. The number of nitrogens with one attached hydrogen (secondary N) is 4. The van der Waals surface area contributed by atoms with Gasteiger partial charge in [0.15, 0.2) is 5.11 Å². The number of rotatable bonds is 6. The average Bonchev–Trinajstić information content (AvgIpc) is 2.60. The van der Waals surface area contributed by atoms with Gasteiger partial charge in [-0.15, -0.1) is 0 Å². The Kier molecular flexibility index (Phi) is 8.08. The van der Waals surface area contributed by atoms with Crippen LogP contribution in [-0.4, -0.2) is 61.9 Å². The third-order valence-electron chi connectivity index (χ3n) is 4.24. The number of hydrazine groups is 1. The van der Waals surface area contributed by atoms with Crippen LogP contribution in [0, 0.1) is 20.8 Å². The lowest BCUT2D eigenvalue weighted by atomic mass is 10.1. The largest absolute Gasteiger partial charge is 0.379 e. The molecule has 0 aliphatic carbocycles. The molecule has 0 aromatic heterocycles. The van der Waals surface area contributed by atoms with E-state index in [0.29, 0.717) is 5.11 Å². The Labute approximate surface area is 160 Å². The molecule has 7 nitrogen and oxygen atoms in total. The van der Waals surface area contributed by atoms with Crippen LogP contribution >= 0.6 is 12.2 Å². The number of nitrogens with zero attached hydrogens (tertiary/aromatic N) is 1. The average molecular weight is 380 g/mol. The minimum absolute atomic E-state index is 0.175. The Morgan fingerprint density at radius 2 is 1.81 bits per heavy atom. The summed E-state index contributed by atoms with van der Waals surface area (Å²) in [6.45, 7) is 11.4. The topological polar surface area (TPSA) is 77.7 Å². The van der Waals surface area contributed by atoms with Crippen molar-refractivity contribution in [1.82, 2.24) is 21.1 Å². The maximum Gasteiger partial charge on any atom is 0.257 e. The van der Waals surface area contributed by atoms with Crippen LogP contribution in [0.25, 0.3) is 0 Å². The van der Waals surface area contributed by atoms with Gasteiger partial charge in [0, 0.05) is 31.9 Å². The molecule has 1 heterocycles. The van der Waals surface area contributed by atoms with Crippen LogP contribution in [0.15, 0.2) is 12.1 Å². The van der Waals surface area contributed by atoms with Gasteiger partial charge >= 0.3 is 0 Å². The number of morpholine rings is 1. The van der Waals surface area contributed by atoms with Crippen LogP contribution < -0.4 is 21.5 Å². The molecule has 0 radical (unpaired) electrons. The van der Waals surface area contributed by atoms with E-state index in [2.05, 4.69) is 45.4 Å². The molecule has 0 bridgehead atoms. The Balaban J connectivity index is 1.63. The van der Waals surface area contributed by atoms with Gasteiger partial charge in [-0.05, 0) is 44.1 Å². The van der Waals surface area contributed by atoms with E-state index in [1.807, 2.05) is 13.8 Å². The van der Waals surface area contributed by atoms with E-state index in [-0.39, 0.29) is 12.5 Å². The van der Waals surface area contributed by atoms with Crippen LogP contribution in [0.2, 0.25) is 0 Å². The lowest BCUT2D eigenvalue weighted by molar-refractivity contribution is -0.119. The molecule has 1 aliphatic heterocycles. The smallest absolute Gasteiger partial charge is 0.257 e. The zero-order chi connectivity index (χ0) is 18.9. The quantitative estimate of drug-likeness (QED) is 0.431. The van der Waals surface area contributed by atoms with Gasteiger partial charge in [0.05, 0.1) is 19.8 Å². The summed E-state index contributed by atoms with van der Waals surface area (Å²) >= 11 is 5.17. The molecule has 26 heavy (non-hydrogen) atoms. The maximum atomic E-state index is 12.0. The first kappa shape index (κ1) is 20.4. The lowest BCUT2D eigenvalue weighted by Crippen LogP contribution is -2.50. The second-order valence-corrected chi connectivity index (χ2v) is 6.92. The summed E-state index contributed by atoms with van der Waals surface area (Å²) in [5, 5.41) is 6.68. The van der Waals surface area contributed by atoms with Crippen molar-refractivity contribution in [2.75, 3.05) is 51.3 Å². The summed E-state index contributed by atoms with van der Waals surface area (Å²) in [7, 11) is 0. The third-order valence-corrected chi connectivity index (χ3v) is 4.48. The van der Waals surface area contributed by atoms with E-state index >= 15 is 0 Å². The highest BCUT2D eigenvalue weighted by molar-refractivity contribution is 7.80. The second kappa shape index (κ2) is 10.3. The summed E-state index contributed by atoms with van der Waals surface area (Å²) in [6.07, 6.45) is 0. The predicted molar refractivity (Wildman–Crippen MR) is 108 cm³/mol. The Hall–Kier alpha value is -1.90. The minimum Gasteiger partial charge on any atom is -0.379 e. The summed E-state index contributed by atoms with van der Waals surface area (Å²) in [6, 6.07) is 4.19. The molecule has 144 valence electrons. The SMILES string of the molecule is Cc1cc(C)c(NCC(=O)NNC(=S)NCCN2CCOCC2)c(C)c1. The number of anilines is 1. The van der Waals surface area contributed by atoms with E-state index < -0.39 is 0 Å². The highest BCUT2D eigenvalue weighted by Gasteiger charge is 2.10. The van der Waals surface area contributed by atoms with Crippen molar-refractivity contribution >= 4 is 28.9 Å². The molecule has 2 rings (SSSR count). The molecule has 0 unspecified atom stereocenters. The summed E-state index contributed by atoms with van der Waals surface area (Å²) in [5.74, 6) is -0.179. The Morgan fingerprint density at radius 1 is 1.15 bits per heavy atom. The van der Waals surface area contributed by atoms with E-state index in [1.54, 1.807) is 0 Å². The Morgan fingerprint density at radius 3 is 2.46 bits per heavy atom. The first-order valence-corrected chi connectivity index (χ1v) is 9.31. The van der Waals surface area contributed by atoms with Crippen LogP contribution in [0.4, 0.5) is 5.69 Å². The number of carbonyl (C=O) groups is 1. The van der Waals surface area contributed by atoms with Crippen LogP contribution in [0.3, 0.4) is 0 Å². The van der Waals surface area contributed by atoms with Crippen molar-refractivity contribution in [3.63, 3.8) is 0 Å². The zero-order valence-electron chi connectivity index (χ0n) is 15.8. The van der Waals surface area contributed by atoms with Crippen LogP contribution in [0.1, 0.15) is 16.7 Å². The predicted octanol–water partition coefficient (Wildman–Crippen LogP) is 0.851. The summed E-state index contributed by atoms with van der Waals surface area (Å²) in [4.78, 5) is 14.3. The molecule has 1 aromatic carbocycles. The minimum atomic E-state index is -0.179. The number of ether oxygens (including phenoxy) is 1. The molecule has 1 fully saturated rings. The van der Waals surface area contributed by atoms with E-state index in [4.69, 9.17) is 17.0 Å². The van der Waals surface area contributed by atoms with E-state index in [0.717, 1.165) is 56.2 Å². The number of amides is 1. The lowest BCUT2D eigenvalue weighted by Gasteiger charge is -2.26. The summed E-state index contributed by atoms with van der Waals surface area (Å²) in [5.41, 5.74) is 9.80. The van der Waals surface area contributed by atoms with Crippen molar-refractivity contribution in [3.05, 3.63) is 28.8 Å². The molecule has 1 aliphatic rings. The molecule has 0 atom stereocenters. The van der Waals surface area contributed by atoms with Crippen LogP contribution in [-0.2, 0) is 9.53 Å². The number of aryl methyl sites for hydroxylation is 3. The van der Waals surface area contributed by atoms with Gasteiger partial charge in [0.2, 0.25) is 0 Å². The van der Waals surface area contributed by atoms with Gasteiger partial charge in [0.25, 0.3) is 5.91 Å². The van der Waals surface area contributed by atoms with Crippen molar-refractivity contribution in [3.8, 4) is 0 Å². The van der Waals surface area contributed by atoms with Crippen molar-refractivity contribution in [2.45, 2.75) is 20.8 Å². The second-order valence-electron chi connectivity index (χ2n) is 6.51. The normalized spacial score (nSPS) is 14.6. The maximum absolute atomic E-state index is 12.0. The fourth-order valence-electron chi connectivity index (χ4n) is 2.99. The van der Waals surface area contributed by atoms with Gasteiger partial charge in [-0.2, -0.15) is 0 Å². The highest BCUT2D eigenvalue weighted by Crippen LogP contribution is 2.21. The monoisotopic (exact) mass is 379 g/mol. The van der Waals surface area contributed by atoms with Crippen LogP contribution in [0.5, 0.6) is 0 Å². The molecule has 0 saturated carbocycles. The van der Waals surface area contributed by atoms with Crippen molar-refractivity contribution in [2.24, 2.45) is 0 Å². The molecule has 1 aromatic rings. The van der Waals surface area contributed by atoms with Gasteiger partial charge in [0.1, 0.15) is 0 Å². The first-order chi connectivity index (χ1) is 12.5. The fourth-order valence-corrected chi connectivity index (χ4v) is 3.15. The van der Waals surface area contributed by atoms with Gasteiger partial charge in [-0.25, -0.2) is 0 Å². The third kappa shape index (κ3) is 6.78. The standard InChI is InChI=1S/C18H29N5O2S/c1-13-10-14(2)17(15(3)11-13)20-12-16(24)21-22-18(26)19-4-5-23-6-8-25-9-7-23/h10-11,20H,4-9,12H2,1-3H3,(H,21,24)(H2,19,22,26). The molecule has 8 heteroatoms. The molecule has 4 N–H and O–H groups in total. The number of thiocarbonyl (C=S) groups is 1. The molecule has 0 spiro atoms. The first-order valence-electron chi connectivity index (χ1n) is 8.90. The number of benzene rings is 1. The number of hydrogen-bond donors (Lipinski definition) is 4. The molecular formula is C18H29N5O2S. The molecule has 1 saturated heterocycles. The highest BCUT2D eigenvalue weighted by atomic mass is 32.1. The van der Waals surface area contributed by atoms with Crippen molar-refractivity contribution in [1.29, 1.82) is 0 Å². The van der Waals surface area contributed by atoms with E-state index in [1.165, 1.54) is 5.56 Å². The number of hydrogen-bond acceptors (Lipinski definition) is 5. The van der Waals surface area contributed by atoms with E-state index in [9.17, 15) is 4.79 Å². The van der Waals surface area contributed by atoms with Gasteiger partial charge in [-0.3, -0.25) is 20.5 Å². The van der Waals surface area contributed by atoms with Gasteiger partial charge < -0.3 is 15.4 Å². The fraction of sp³-hybridized carbons (Fsp3) is 0.556. The summed E-state index contributed by atoms with van der Waals surface area (Å²) < 4.78 is 5.31. The molecule has 1 amide bonds. The number of carbonyl (C=O) groups excluding carboxylic acids is 1. The zero-order valence-corrected chi connectivity index (χ0v) is 16.6. The van der Waals surface area contributed by atoms with Gasteiger partial charge in [-0.1, -0.05) is 17.7 Å². The van der Waals surface area contributed by atoms with Crippen molar-refractivity contribution < 1.29 is 9.53 Å².